The number of carbonyl (C=O) groups excluding carboxylic acids is 2. The molecular formula is C27H28N2O4. The summed E-state index contributed by atoms with van der Waals surface area (Å²) in [5.74, 6) is 0.931. The number of anilines is 1. The molecule has 0 saturated carbocycles. The lowest BCUT2D eigenvalue weighted by molar-refractivity contribution is -0.137. The third kappa shape index (κ3) is 4.70. The second-order valence-corrected chi connectivity index (χ2v) is 8.63. The number of hydrogen-bond acceptors (Lipinski definition) is 5. The first-order valence-electron chi connectivity index (χ1n) is 11.0. The normalized spacial score (nSPS) is 13.9. The SMILES string of the molecule is Cc1cccc(NC2=C(c3ccc(OCC(C)C)cc3)C(=O)N(Cc3ccco3)C2=O)c1C. The Kier molecular flexibility index (Phi) is 6.36. The molecule has 0 aliphatic carbocycles. The molecule has 0 bridgehead atoms. The van der Waals surface area contributed by atoms with Crippen LogP contribution in [0.25, 0.3) is 5.57 Å². The maximum atomic E-state index is 13.4. The monoisotopic (exact) mass is 444 g/mol. The van der Waals surface area contributed by atoms with Crippen LogP contribution in [0, 0.1) is 19.8 Å². The number of aryl methyl sites for hydroxylation is 1. The number of imide groups is 1. The number of nitrogens with zero attached hydrogens (tertiary/aromatic N) is 1. The Labute approximate surface area is 193 Å². The van der Waals surface area contributed by atoms with E-state index in [0.29, 0.717) is 29.4 Å². The predicted molar refractivity (Wildman–Crippen MR) is 127 cm³/mol. The van der Waals surface area contributed by atoms with Gasteiger partial charge in [0.25, 0.3) is 11.8 Å². The number of benzene rings is 2. The van der Waals surface area contributed by atoms with E-state index >= 15 is 0 Å². The molecule has 0 fully saturated rings. The molecule has 0 unspecified atom stereocenters. The molecule has 2 heterocycles. The molecule has 3 aromatic rings. The Morgan fingerprint density at radius 3 is 2.39 bits per heavy atom. The number of furan rings is 1. The summed E-state index contributed by atoms with van der Waals surface area (Å²) in [5, 5.41) is 3.25. The number of rotatable bonds is 8. The zero-order valence-electron chi connectivity index (χ0n) is 19.3. The number of carbonyl (C=O) groups is 2. The third-order valence-corrected chi connectivity index (χ3v) is 5.65. The van der Waals surface area contributed by atoms with Gasteiger partial charge in [0, 0.05) is 5.69 Å². The van der Waals surface area contributed by atoms with Gasteiger partial charge in [-0.1, -0.05) is 38.1 Å². The molecule has 0 radical (unpaired) electrons. The fourth-order valence-corrected chi connectivity index (χ4v) is 3.66. The van der Waals surface area contributed by atoms with Gasteiger partial charge in [-0.25, -0.2) is 0 Å². The highest BCUT2D eigenvalue weighted by Crippen LogP contribution is 2.33. The Balaban J connectivity index is 1.71. The van der Waals surface area contributed by atoms with Gasteiger partial charge in [-0.05, 0) is 66.8 Å². The van der Waals surface area contributed by atoms with Gasteiger partial charge in [-0.2, -0.15) is 0 Å². The Morgan fingerprint density at radius 2 is 1.73 bits per heavy atom. The zero-order chi connectivity index (χ0) is 23.5. The molecule has 2 aromatic carbocycles. The number of ether oxygens (including phenoxy) is 1. The molecule has 33 heavy (non-hydrogen) atoms. The average Bonchev–Trinajstić information content (AvgIpc) is 3.39. The quantitative estimate of drug-likeness (QED) is 0.476. The topological polar surface area (TPSA) is 71.8 Å². The van der Waals surface area contributed by atoms with E-state index in [0.717, 1.165) is 22.6 Å². The van der Waals surface area contributed by atoms with Crippen LogP contribution in [-0.4, -0.2) is 23.3 Å². The number of nitrogens with one attached hydrogen (secondary N) is 1. The second-order valence-electron chi connectivity index (χ2n) is 8.63. The lowest BCUT2D eigenvalue weighted by atomic mass is 10.0. The van der Waals surface area contributed by atoms with E-state index < -0.39 is 0 Å². The molecule has 1 aliphatic heterocycles. The van der Waals surface area contributed by atoms with E-state index in [1.54, 1.807) is 12.1 Å². The lowest BCUT2D eigenvalue weighted by Gasteiger charge is -2.15. The van der Waals surface area contributed by atoms with Crippen molar-refractivity contribution in [2.75, 3.05) is 11.9 Å². The largest absolute Gasteiger partial charge is 0.493 e. The number of amides is 2. The van der Waals surface area contributed by atoms with Gasteiger partial charge in [0.2, 0.25) is 0 Å². The van der Waals surface area contributed by atoms with Crippen LogP contribution in [-0.2, 0) is 16.1 Å². The Hall–Kier alpha value is -3.80. The van der Waals surface area contributed by atoms with Gasteiger partial charge in [0.1, 0.15) is 17.2 Å². The van der Waals surface area contributed by atoms with Gasteiger partial charge in [-0.15, -0.1) is 0 Å². The molecule has 170 valence electrons. The van der Waals surface area contributed by atoms with Crippen molar-refractivity contribution in [2.24, 2.45) is 5.92 Å². The van der Waals surface area contributed by atoms with E-state index in [1.165, 1.54) is 11.2 Å². The minimum Gasteiger partial charge on any atom is -0.493 e. The summed E-state index contributed by atoms with van der Waals surface area (Å²) in [6, 6.07) is 16.6. The molecule has 6 heteroatoms. The van der Waals surface area contributed by atoms with Crippen LogP contribution in [0.2, 0.25) is 0 Å². The molecule has 6 nitrogen and oxygen atoms in total. The van der Waals surface area contributed by atoms with Crippen molar-refractivity contribution in [3.8, 4) is 5.75 Å². The van der Waals surface area contributed by atoms with E-state index in [2.05, 4.69) is 19.2 Å². The van der Waals surface area contributed by atoms with Crippen LogP contribution < -0.4 is 10.1 Å². The molecule has 0 saturated heterocycles. The van der Waals surface area contributed by atoms with E-state index in [9.17, 15) is 9.59 Å². The third-order valence-electron chi connectivity index (χ3n) is 5.65. The summed E-state index contributed by atoms with van der Waals surface area (Å²) in [5.41, 5.74) is 4.16. The lowest BCUT2D eigenvalue weighted by Crippen LogP contribution is -2.31. The van der Waals surface area contributed by atoms with Gasteiger partial charge in [0.15, 0.2) is 0 Å². The highest BCUT2D eigenvalue weighted by atomic mass is 16.5. The first-order chi connectivity index (χ1) is 15.8. The van der Waals surface area contributed by atoms with Gasteiger partial charge < -0.3 is 14.5 Å². The molecule has 0 atom stereocenters. The minimum absolute atomic E-state index is 0.0712. The van der Waals surface area contributed by atoms with E-state index in [4.69, 9.17) is 9.15 Å². The van der Waals surface area contributed by atoms with Crippen molar-refractivity contribution in [2.45, 2.75) is 34.2 Å². The molecule has 0 spiro atoms. The second kappa shape index (κ2) is 9.36. The first-order valence-corrected chi connectivity index (χ1v) is 11.0. The first kappa shape index (κ1) is 22.4. The van der Waals surface area contributed by atoms with Crippen LogP contribution in [0.4, 0.5) is 5.69 Å². The smallest absolute Gasteiger partial charge is 0.278 e. The molecule has 1 aliphatic rings. The highest BCUT2D eigenvalue weighted by molar-refractivity contribution is 6.36. The fraction of sp³-hybridized carbons (Fsp3) is 0.259. The molecule has 2 amide bonds. The summed E-state index contributed by atoms with van der Waals surface area (Å²) in [4.78, 5) is 28.0. The molecule has 1 aromatic heterocycles. The summed E-state index contributed by atoms with van der Waals surface area (Å²) >= 11 is 0. The standard InChI is InChI=1S/C27H28N2O4/c1-17(2)16-33-21-12-10-20(11-13-21)24-25(28-23-9-5-7-18(3)19(23)4)27(31)29(26(24)30)15-22-8-6-14-32-22/h5-14,17,28H,15-16H2,1-4H3. The zero-order valence-corrected chi connectivity index (χ0v) is 19.3. The highest BCUT2D eigenvalue weighted by Gasteiger charge is 2.39. The summed E-state index contributed by atoms with van der Waals surface area (Å²) in [6.07, 6.45) is 1.53. The van der Waals surface area contributed by atoms with Crippen molar-refractivity contribution in [1.82, 2.24) is 4.90 Å². The van der Waals surface area contributed by atoms with Gasteiger partial charge >= 0.3 is 0 Å². The van der Waals surface area contributed by atoms with Crippen LogP contribution in [0.5, 0.6) is 5.75 Å². The number of hydrogen-bond donors (Lipinski definition) is 1. The van der Waals surface area contributed by atoms with Crippen LogP contribution in [0.15, 0.2) is 71.0 Å². The van der Waals surface area contributed by atoms with Crippen molar-refractivity contribution in [3.05, 3.63) is 89.0 Å². The van der Waals surface area contributed by atoms with Crippen molar-refractivity contribution in [3.63, 3.8) is 0 Å². The summed E-state index contributed by atoms with van der Waals surface area (Å²) in [7, 11) is 0. The Morgan fingerprint density at radius 1 is 0.970 bits per heavy atom. The Bertz CT molecular complexity index is 1190. The van der Waals surface area contributed by atoms with Crippen LogP contribution in [0.1, 0.15) is 36.3 Å². The van der Waals surface area contributed by atoms with Crippen LogP contribution in [0.3, 0.4) is 0 Å². The van der Waals surface area contributed by atoms with Crippen molar-refractivity contribution in [1.29, 1.82) is 0 Å². The predicted octanol–water partition coefficient (Wildman–Crippen LogP) is 5.32. The van der Waals surface area contributed by atoms with Gasteiger partial charge in [-0.3, -0.25) is 14.5 Å². The van der Waals surface area contributed by atoms with Gasteiger partial charge in [0.05, 0.1) is 25.0 Å². The minimum atomic E-state index is -0.382. The van der Waals surface area contributed by atoms with E-state index in [-0.39, 0.29) is 24.1 Å². The molecule has 1 N–H and O–H groups in total. The maximum Gasteiger partial charge on any atom is 0.278 e. The van der Waals surface area contributed by atoms with E-state index in [1.807, 2.05) is 56.3 Å². The molecule has 4 rings (SSSR count). The van der Waals surface area contributed by atoms with Crippen LogP contribution >= 0.6 is 0 Å². The van der Waals surface area contributed by atoms with Crippen molar-refractivity contribution < 1.29 is 18.7 Å². The summed E-state index contributed by atoms with van der Waals surface area (Å²) < 4.78 is 11.2. The summed E-state index contributed by atoms with van der Waals surface area (Å²) in [6.45, 7) is 8.84. The van der Waals surface area contributed by atoms with Crippen molar-refractivity contribution >= 4 is 23.1 Å². The average molecular weight is 445 g/mol. The molecular weight excluding hydrogens is 416 g/mol. The fourth-order valence-electron chi connectivity index (χ4n) is 3.66. The maximum absolute atomic E-state index is 13.4.